The van der Waals surface area contributed by atoms with Crippen molar-refractivity contribution in [2.45, 2.75) is 26.8 Å². The lowest BCUT2D eigenvalue weighted by Crippen LogP contribution is -2.21. The minimum absolute atomic E-state index is 0.284. The number of thiophene rings is 1. The van der Waals surface area contributed by atoms with Gasteiger partial charge in [-0.1, -0.05) is 6.92 Å². The van der Waals surface area contributed by atoms with Gasteiger partial charge in [0.2, 0.25) is 0 Å². The number of nitrogens with one attached hydrogen (secondary N) is 1. The normalized spacial score (nSPS) is 12.6. The van der Waals surface area contributed by atoms with E-state index in [1.54, 1.807) is 11.3 Å². The molecule has 2 aromatic heterocycles. The fourth-order valence-corrected chi connectivity index (χ4v) is 2.79. The quantitative estimate of drug-likeness (QED) is 0.893. The Morgan fingerprint density at radius 1 is 1.24 bits per heavy atom. The van der Waals surface area contributed by atoms with Crippen molar-refractivity contribution in [2.75, 3.05) is 6.54 Å². The topological polar surface area (TPSA) is 24.9 Å². The molecule has 2 aromatic rings. The molecule has 0 saturated heterocycles. The first-order valence-corrected chi connectivity index (χ1v) is 6.85. The summed E-state index contributed by atoms with van der Waals surface area (Å²) in [5, 5.41) is 7.87. The van der Waals surface area contributed by atoms with Gasteiger partial charge in [0.1, 0.15) is 0 Å². The van der Waals surface area contributed by atoms with E-state index >= 15 is 0 Å². The van der Waals surface area contributed by atoms with Crippen LogP contribution in [-0.4, -0.2) is 11.5 Å². The molecule has 0 saturated carbocycles. The standard InChI is InChI=1S/C14H18N2S/c1-4-15-14(12-5-6-17-9-12)13-7-10(2)16-11(3)8-13/h5-9,14-15H,4H2,1-3H3. The van der Waals surface area contributed by atoms with Gasteiger partial charge >= 0.3 is 0 Å². The van der Waals surface area contributed by atoms with Crippen LogP contribution in [0.2, 0.25) is 0 Å². The van der Waals surface area contributed by atoms with Gasteiger partial charge in [-0.2, -0.15) is 11.3 Å². The number of rotatable bonds is 4. The molecule has 17 heavy (non-hydrogen) atoms. The van der Waals surface area contributed by atoms with Crippen LogP contribution in [0.1, 0.15) is 35.5 Å². The molecule has 2 heterocycles. The van der Waals surface area contributed by atoms with Crippen LogP contribution in [0, 0.1) is 13.8 Å². The van der Waals surface area contributed by atoms with E-state index in [9.17, 15) is 0 Å². The van der Waals surface area contributed by atoms with Gasteiger partial charge in [0, 0.05) is 11.4 Å². The Morgan fingerprint density at radius 3 is 2.47 bits per heavy atom. The van der Waals surface area contributed by atoms with E-state index in [-0.39, 0.29) is 6.04 Å². The zero-order valence-corrected chi connectivity index (χ0v) is 11.3. The third kappa shape index (κ3) is 2.93. The Hall–Kier alpha value is -1.19. The predicted molar refractivity (Wildman–Crippen MR) is 73.5 cm³/mol. The van der Waals surface area contributed by atoms with Crippen LogP contribution in [-0.2, 0) is 0 Å². The zero-order chi connectivity index (χ0) is 12.3. The first-order valence-electron chi connectivity index (χ1n) is 5.91. The molecular weight excluding hydrogens is 228 g/mol. The van der Waals surface area contributed by atoms with Crippen molar-refractivity contribution in [3.8, 4) is 0 Å². The van der Waals surface area contributed by atoms with Crippen LogP contribution in [0.3, 0.4) is 0 Å². The van der Waals surface area contributed by atoms with Crippen LogP contribution in [0.5, 0.6) is 0 Å². The molecule has 0 spiro atoms. The molecule has 0 radical (unpaired) electrons. The van der Waals surface area contributed by atoms with Gasteiger partial charge in [-0.05, 0) is 60.5 Å². The van der Waals surface area contributed by atoms with Gasteiger partial charge in [-0.25, -0.2) is 0 Å². The maximum atomic E-state index is 4.43. The van der Waals surface area contributed by atoms with Gasteiger partial charge in [0.15, 0.2) is 0 Å². The van der Waals surface area contributed by atoms with Crippen molar-refractivity contribution in [3.05, 3.63) is 51.5 Å². The third-order valence-corrected chi connectivity index (χ3v) is 3.42. The molecule has 0 aliphatic heterocycles. The fourth-order valence-electron chi connectivity index (χ4n) is 2.10. The van der Waals surface area contributed by atoms with Crippen molar-refractivity contribution in [2.24, 2.45) is 0 Å². The Balaban J connectivity index is 2.38. The summed E-state index contributed by atoms with van der Waals surface area (Å²) in [4.78, 5) is 4.43. The first-order chi connectivity index (χ1) is 8.20. The molecule has 2 rings (SSSR count). The van der Waals surface area contributed by atoms with Gasteiger partial charge in [0.05, 0.1) is 6.04 Å². The molecule has 1 atom stereocenters. The SMILES string of the molecule is CCNC(c1ccsc1)c1cc(C)nc(C)c1. The summed E-state index contributed by atoms with van der Waals surface area (Å²) >= 11 is 1.74. The summed E-state index contributed by atoms with van der Waals surface area (Å²) < 4.78 is 0. The van der Waals surface area contributed by atoms with Gasteiger partial charge in [-0.3, -0.25) is 4.98 Å². The lowest BCUT2D eigenvalue weighted by atomic mass is 10.0. The Labute approximate surface area is 107 Å². The lowest BCUT2D eigenvalue weighted by molar-refractivity contribution is 0.630. The number of hydrogen-bond donors (Lipinski definition) is 1. The molecule has 2 nitrogen and oxygen atoms in total. The summed E-state index contributed by atoms with van der Waals surface area (Å²) in [6.45, 7) is 7.20. The number of aromatic nitrogens is 1. The van der Waals surface area contributed by atoms with Crippen molar-refractivity contribution >= 4 is 11.3 Å². The molecule has 0 fully saturated rings. The van der Waals surface area contributed by atoms with E-state index in [1.807, 2.05) is 13.8 Å². The molecule has 1 unspecified atom stereocenters. The van der Waals surface area contributed by atoms with E-state index < -0.39 is 0 Å². The Kier molecular flexibility index (Phi) is 3.92. The monoisotopic (exact) mass is 246 g/mol. The van der Waals surface area contributed by atoms with Crippen LogP contribution < -0.4 is 5.32 Å². The van der Waals surface area contributed by atoms with Crippen molar-refractivity contribution in [1.82, 2.24) is 10.3 Å². The summed E-state index contributed by atoms with van der Waals surface area (Å²) in [6.07, 6.45) is 0. The zero-order valence-electron chi connectivity index (χ0n) is 10.5. The largest absolute Gasteiger partial charge is 0.307 e. The van der Waals surface area contributed by atoms with Crippen LogP contribution >= 0.6 is 11.3 Å². The maximum Gasteiger partial charge on any atom is 0.0586 e. The second-order valence-corrected chi connectivity index (χ2v) is 5.01. The minimum Gasteiger partial charge on any atom is -0.307 e. The molecular formula is C14H18N2S. The highest BCUT2D eigenvalue weighted by Gasteiger charge is 2.14. The van der Waals surface area contributed by atoms with Crippen molar-refractivity contribution < 1.29 is 0 Å². The number of hydrogen-bond acceptors (Lipinski definition) is 3. The molecule has 0 aliphatic rings. The highest BCUT2D eigenvalue weighted by atomic mass is 32.1. The molecule has 0 aliphatic carbocycles. The number of pyridine rings is 1. The van der Waals surface area contributed by atoms with Crippen molar-refractivity contribution in [1.29, 1.82) is 0 Å². The average molecular weight is 246 g/mol. The molecule has 0 bridgehead atoms. The van der Waals surface area contributed by atoms with Gasteiger partial charge < -0.3 is 5.32 Å². The molecule has 0 amide bonds. The lowest BCUT2D eigenvalue weighted by Gasteiger charge is -2.18. The minimum atomic E-state index is 0.284. The smallest absolute Gasteiger partial charge is 0.0586 e. The van der Waals surface area contributed by atoms with Crippen LogP contribution in [0.4, 0.5) is 0 Å². The second-order valence-electron chi connectivity index (χ2n) is 4.23. The Bertz CT molecular complexity index is 457. The summed E-state index contributed by atoms with van der Waals surface area (Å²) in [5.74, 6) is 0. The van der Waals surface area contributed by atoms with Crippen molar-refractivity contribution in [3.63, 3.8) is 0 Å². The Morgan fingerprint density at radius 2 is 1.94 bits per heavy atom. The molecule has 3 heteroatoms. The maximum absolute atomic E-state index is 4.43. The van der Waals surface area contributed by atoms with Crippen LogP contribution in [0.25, 0.3) is 0 Å². The highest BCUT2D eigenvalue weighted by Crippen LogP contribution is 2.24. The average Bonchev–Trinajstić information content (AvgIpc) is 2.77. The summed E-state index contributed by atoms with van der Waals surface area (Å²) in [6, 6.07) is 6.80. The van der Waals surface area contributed by atoms with E-state index in [1.165, 1.54) is 11.1 Å². The molecule has 90 valence electrons. The van der Waals surface area contributed by atoms with E-state index in [0.29, 0.717) is 0 Å². The predicted octanol–water partition coefficient (Wildman–Crippen LogP) is 3.46. The van der Waals surface area contributed by atoms with E-state index in [0.717, 1.165) is 17.9 Å². The molecule has 1 N–H and O–H groups in total. The highest BCUT2D eigenvalue weighted by molar-refractivity contribution is 7.08. The molecule has 0 aromatic carbocycles. The van der Waals surface area contributed by atoms with Gasteiger partial charge in [-0.15, -0.1) is 0 Å². The van der Waals surface area contributed by atoms with E-state index in [2.05, 4.69) is 46.2 Å². The number of aryl methyl sites for hydroxylation is 2. The fraction of sp³-hybridized carbons (Fsp3) is 0.357. The first kappa shape index (κ1) is 12.3. The van der Waals surface area contributed by atoms with E-state index in [4.69, 9.17) is 0 Å². The summed E-state index contributed by atoms with van der Waals surface area (Å²) in [5.41, 5.74) is 4.80. The van der Waals surface area contributed by atoms with Crippen LogP contribution in [0.15, 0.2) is 29.0 Å². The summed E-state index contributed by atoms with van der Waals surface area (Å²) in [7, 11) is 0. The van der Waals surface area contributed by atoms with Gasteiger partial charge in [0.25, 0.3) is 0 Å². The second kappa shape index (κ2) is 5.43. The number of nitrogens with zero attached hydrogens (tertiary/aromatic N) is 1. The third-order valence-electron chi connectivity index (χ3n) is 2.72.